The van der Waals surface area contributed by atoms with Gasteiger partial charge in [0.15, 0.2) is 0 Å². The van der Waals surface area contributed by atoms with Crippen molar-refractivity contribution in [1.29, 1.82) is 0 Å². The molecule has 0 fully saturated rings. The van der Waals surface area contributed by atoms with E-state index in [2.05, 4.69) is 32.7 Å². The highest BCUT2D eigenvalue weighted by Gasteiger charge is 2.24. The number of nitrogens with one attached hydrogen (secondary N) is 1. The fraction of sp³-hybridized carbons (Fsp3) is 0.0625. The maximum absolute atomic E-state index is 12.1. The molecule has 2 aromatic rings. The molecule has 1 atom stereocenters. The van der Waals surface area contributed by atoms with Crippen LogP contribution in [0.1, 0.15) is 11.1 Å². The van der Waals surface area contributed by atoms with E-state index in [-0.39, 0.29) is 5.91 Å². The van der Waals surface area contributed by atoms with Crippen LogP contribution in [0.4, 0.5) is 5.69 Å². The van der Waals surface area contributed by atoms with Gasteiger partial charge < -0.3 is 5.32 Å². The number of aliphatic imine (C=N–C) groups is 2. The molecule has 3 rings (SSSR count). The van der Waals surface area contributed by atoms with E-state index in [1.165, 1.54) is 0 Å². The Bertz CT molecular complexity index is 764. The van der Waals surface area contributed by atoms with Gasteiger partial charge >= 0.3 is 0 Å². The number of para-hydroxylation sites is 1. The zero-order valence-electron chi connectivity index (χ0n) is 11.0. The van der Waals surface area contributed by atoms with Gasteiger partial charge in [-0.25, -0.2) is 4.99 Å². The maximum atomic E-state index is 12.1. The van der Waals surface area contributed by atoms with Crippen LogP contribution < -0.4 is 5.32 Å². The van der Waals surface area contributed by atoms with Crippen molar-refractivity contribution in [1.82, 2.24) is 0 Å². The van der Waals surface area contributed by atoms with Gasteiger partial charge in [-0.1, -0.05) is 48.5 Å². The zero-order valence-corrected chi connectivity index (χ0v) is 11.8. The molecule has 1 unspecified atom stereocenters. The van der Waals surface area contributed by atoms with Crippen LogP contribution in [0.2, 0.25) is 0 Å². The minimum atomic E-state index is -0.912. The molecule has 0 aliphatic carbocycles. The lowest BCUT2D eigenvalue weighted by Gasteiger charge is -2.09. The van der Waals surface area contributed by atoms with Gasteiger partial charge in [-0.3, -0.25) is 4.79 Å². The first-order chi connectivity index (χ1) is 10.3. The summed E-state index contributed by atoms with van der Waals surface area (Å²) in [4.78, 5) is 20.5. The van der Waals surface area contributed by atoms with Crippen LogP contribution in [0.3, 0.4) is 0 Å². The quantitative estimate of drug-likeness (QED) is 0.683. The zero-order chi connectivity index (χ0) is 14.7. The lowest BCUT2D eigenvalue weighted by molar-refractivity contribution is -0.117. The average Bonchev–Trinajstić information content (AvgIpc) is 2.66. The number of benzodiazepines with no additional fused rings is 1. The van der Waals surface area contributed by atoms with Gasteiger partial charge in [0.2, 0.25) is 6.17 Å². The second-order valence-corrected chi connectivity index (χ2v) is 4.66. The van der Waals surface area contributed by atoms with E-state index in [0.717, 1.165) is 11.1 Å². The molecule has 0 bridgehead atoms. The van der Waals surface area contributed by atoms with E-state index in [4.69, 9.17) is 0 Å². The smallest absolute Gasteiger partial charge is 0.272 e. The standard InChI is InChI=1S/C16H11N3OS/c20-16-15(17-10-21)19-14(11-6-2-1-3-7-11)12-8-4-5-9-13(12)18-16/h1-9,15H,(H,18,20). The van der Waals surface area contributed by atoms with Crippen LogP contribution in [-0.2, 0) is 4.79 Å². The molecular weight excluding hydrogens is 282 g/mol. The van der Waals surface area contributed by atoms with E-state index in [1.807, 2.05) is 54.6 Å². The predicted octanol–water partition coefficient (Wildman–Crippen LogP) is 2.91. The molecule has 0 saturated carbocycles. The number of rotatable bonds is 2. The summed E-state index contributed by atoms with van der Waals surface area (Å²) in [5.74, 6) is -0.314. The molecule has 21 heavy (non-hydrogen) atoms. The molecule has 5 heteroatoms. The normalized spacial score (nSPS) is 16.9. The van der Waals surface area contributed by atoms with Crippen molar-refractivity contribution in [3.8, 4) is 0 Å². The maximum Gasteiger partial charge on any atom is 0.272 e. The summed E-state index contributed by atoms with van der Waals surface area (Å²) in [6.45, 7) is 0. The number of fused-ring (bicyclic) bond motifs is 1. The highest BCUT2D eigenvalue weighted by Crippen LogP contribution is 2.24. The van der Waals surface area contributed by atoms with Crippen molar-refractivity contribution in [3.05, 3.63) is 65.7 Å². The Morgan fingerprint density at radius 2 is 1.81 bits per heavy atom. The SMILES string of the molecule is O=C1Nc2ccccc2C(c2ccccc2)=NC1N=C=S. The van der Waals surface area contributed by atoms with Crippen molar-refractivity contribution in [2.45, 2.75) is 6.17 Å². The van der Waals surface area contributed by atoms with Crippen LogP contribution in [0.15, 0.2) is 64.6 Å². The van der Waals surface area contributed by atoms with Crippen molar-refractivity contribution < 1.29 is 4.79 Å². The number of hydrogen-bond donors (Lipinski definition) is 1. The van der Waals surface area contributed by atoms with Gasteiger partial charge in [-0.05, 0) is 18.3 Å². The van der Waals surface area contributed by atoms with E-state index < -0.39 is 6.17 Å². The molecule has 0 radical (unpaired) electrons. The molecule has 4 nitrogen and oxygen atoms in total. The van der Waals surface area contributed by atoms with Crippen LogP contribution in [-0.4, -0.2) is 22.9 Å². The Morgan fingerprint density at radius 1 is 1.10 bits per heavy atom. The van der Waals surface area contributed by atoms with Crippen LogP contribution in [0.25, 0.3) is 0 Å². The van der Waals surface area contributed by atoms with E-state index >= 15 is 0 Å². The van der Waals surface area contributed by atoms with Gasteiger partial charge in [0.05, 0.1) is 16.6 Å². The van der Waals surface area contributed by atoms with Gasteiger partial charge in [-0.2, -0.15) is 4.99 Å². The van der Waals surface area contributed by atoms with Crippen LogP contribution >= 0.6 is 12.2 Å². The molecule has 0 aromatic heterocycles. The Kier molecular flexibility index (Phi) is 3.69. The van der Waals surface area contributed by atoms with Crippen LogP contribution in [0, 0.1) is 0 Å². The first kappa shape index (κ1) is 13.4. The first-order valence-electron chi connectivity index (χ1n) is 6.40. The Labute approximate surface area is 127 Å². The highest BCUT2D eigenvalue weighted by molar-refractivity contribution is 7.78. The van der Waals surface area contributed by atoms with Crippen molar-refractivity contribution in [3.63, 3.8) is 0 Å². The summed E-state index contributed by atoms with van der Waals surface area (Å²) in [6, 6.07) is 17.2. The Balaban J connectivity index is 2.22. The lowest BCUT2D eigenvalue weighted by Crippen LogP contribution is -2.23. The second-order valence-electron chi connectivity index (χ2n) is 4.47. The van der Waals surface area contributed by atoms with Crippen molar-refractivity contribution >= 4 is 34.7 Å². The monoisotopic (exact) mass is 293 g/mol. The molecule has 2 aromatic carbocycles. The molecule has 1 amide bonds. The third-order valence-electron chi connectivity index (χ3n) is 3.15. The molecular formula is C16H11N3OS. The fourth-order valence-corrected chi connectivity index (χ4v) is 2.31. The average molecular weight is 293 g/mol. The third-order valence-corrected chi connectivity index (χ3v) is 3.25. The van der Waals surface area contributed by atoms with Crippen molar-refractivity contribution in [2.24, 2.45) is 9.98 Å². The van der Waals surface area contributed by atoms with Crippen LogP contribution in [0.5, 0.6) is 0 Å². The number of isothiocyanates is 1. The van der Waals surface area contributed by atoms with Crippen molar-refractivity contribution in [2.75, 3.05) is 5.32 Å². The summed E-state index contributed by atoms with van der Waals surface area (Å²) < 4.78 is 0. The molecule has 0 saturated heterocycles. The molecule has 1 N–H and O–H groups in total. The van der Waals surface area contributed by atoms with Gasteiger partial charge in [0.25, 0.3) is 5.91 Å². The second kappa shape index (κ2) is 5.79. The van der Waals surface area contributed by atoms with E-state index in [0.29, 0.717) is 11.4 Å². The first-order valence-corrected chi connectivity index (χ1v) is 6.81. The minimum Gasteiger partial charge on any atom is -0.322 e. The Hall–Kier alpha value is -2.62. The largest absolute Gasteiger partial charge is 0.322 e. The number of benzene rings is 2. The minimum absolute atomic E-state index is 0.314. The summed E-state index contributed by atoms with van der Waals surface area (Å²) in [5, 5.41) is 5.06. The molecule has 0 spiro atoms. The van der Waals surface area contributed by atoms with Gasteiger partial charge in [0.1, 0.15) is 0 Å². The number of carbonyl (C=O) groups is 1. The highest BCUT2D eigenvalue weighted by atomic mass is 32.1. The summed E-state index contributed by atoms with van der Waals surface area (Å²) in [5.41, 5.74) is 3.21. The number of carbonyl (C=O) groups excluding carboxylic acids is 1. The molecule has 1 aliphatic rings. The number of thiocarbonyl (C=S) groups is 1. The summed E-state index contributed by atoms with van der Waals surface area (Å²) in [6.07, 6.45) is -0.912. The topological polar surface area (TPSA) is 53.8 Å². The number of nitrogens with zero attached hydrogens (tertiary/aromatic N) is 2. The third kappa shape index (κ3) is 2.65. The number of anilines is 1. The van der Waals surface area contributed by atoms with Gasteiger partial charge in [-0.15, -0.1) is 0 Å². The lowest BCUT2D eigenvalue weighted by atomic mass is 10.0. The predicted molar refractivity (Wildman–Crippen MR) is 86.0 cm³/mol. The van der Waals surface area contributed by atoms with Gasteiger partial charge in [0, 0.05) is 11.1 Å². The molecule has 1 heterocycles. The molecule has 102 valence electrons. The van der Waals surface area contributed by atoms with E-state index in [9.17, 15) is 4.79 Å². The summed E-state index contributed by atoms with van der Waals surface area (Å²) >= 11 is 4.61. The number of hydrogen-bond acceptors (Lipinski definition) is 4. The Morgan fingerprint density at radius 3 is 2.57 bits per heavy atom. The number of amides is 1. The molecule has 1 aliphatic heterocycles. The van der Waals surface area contributed by atoms with E-state index in [1.54, 1.807) is 0 Å². The fourth-order valence-electron chi connectivity index (χ4n) is 2.21. The summed E-state index contributed by atoms with van der Waals surface area (Å²) in [7, 11) is 0.